The first-order chi connectivity index (χ1) is 6.65. The van der Waals surface area contributed by atoms with E-state index < -0.39 is 18.2 Å². The molecule has 1 atom stereocenters. The van der Waals surface area contributed by atoms with Crippen molar-refractivity contribution in [3.05, 3.63) is 0 Å². The van der Waals surface area contributed by atoms with Gasteiger partial charge in [-0.05, 0) is 6.42 Å². The van der Waals surface area contributed by atoms with Gasteiger partial charge in [0.2, 0.25) is 6.10 Å². The van der Waals surface area contributed by atoms with Crippen LogP contribution in [-0.2, 0) is 14.3 Å². The summed E-state index contributed by atoms with van der Waals surface area (Å²) >= 11 is 0. The third-order valence-corrected chi connectivity index (χ3v) is 1.94. The average Bonchev–Trinajstić information content (AvgIpc) is 2.49. The zero-order valence-electron chi connectivity index (χ0n) is 7.93. The first kappa shape index (κ1) is 10.8. The van der Waals surface area contributed by atoms with Gasteiger partial charge in [-0.25, -0.2) is 9.59 Å². The second kappa shape index (κ2) is 4.80. The number of methoxy groups -OCH3 is 1. The van der Waals surface area contributed by atoms with Crippen LogP contribution in [0.2, 0.25) is 0 Å². The van der Waals surface area contributed by atoms with Crippen LogP contribution in [0.25, 0.3) is 0 Å². The number of carbonyl (C=O) groups is 2. The van der Waals surface area contributed by atoms with Crippen molar-refractivity contribution in [1.82, 2.24) is 4.90 Å². The van der Waals surface area contributed by atoms with Crippen molar-refractivity contribution in [2.45, 2.75) is 12.5 Å². The van der Waals surface area contributed by atoms with E-state index in [0.717, 1.165) is 0 Å². The van der Waals surface area contributed by atoms with Crippen molar-refractivity contribution in [1.29, 1.82) is 0 Å². The summed E-state index contributed by atoms with van der Waals surface area (Å²) in [5, 5.41) is 8.59. The molecule has 0 unspecified atom stereocenters. The largest absolute Gasteiger partial charge is 0.478 e. The van der Waals surface area contributed by atoms with Crippen molar-refractivity contribution in [2.24, 2.45) is 0 Å². The number of amides is 1. The van der Waals surface area contributed by atoms with Crippen LogP contribution in [0, 0.1) is 0 Å². The normalized spacial score (nSPS) is 21.1. The van der Waals surface area contributed by atoms with Crippen LogP contribution in [0.4, 0.5) is 4.79 Å². The number of nitrogens with zero attached hydrogens (tertiary/aromatic N) is 1. The highest BCUT2D eigenvalue weighted by Gasteiger charge is 2.35. The Labute approximate surface area is 81.4 Å². The molecule has 1 aliphatic heterocycles. The first-order valence-electron chi connectivity index (χ1n) is 4.32. The Morgan fingerprint density at radius 3 is 3.00 bits per heavy atom. The number of hydrogen-bond acceptors (Lipinski definition) is 4. The topological polar surface area (TPSA) is 76.1 Å². The summed E-state index contributed by atoms with van der Waals surface area (Å²) in [6.07, 6.45) is -0.906. The predicted molar refractivity (Wildman–Crippen MR) is 46.0 cm³/mol. The molecular weight excluding hydrogens is 190 g/mol. The molecule has 0 aromatic heterocycles. The molecule has 0 aliphatic carbocycles. The molecule has 80 valence electrons. The lowest BCUT2D eigenvalue weighted by Crippen LogP contribution is -2.29. The van der Waals surface area contributed by atoms with E-state index in [2.05, 4.69) is 4.74 Å². The second-order valence-corrected chi connectivity index (χ2v) is 3.00. The Bertz CT molecular complexity index is 230. The summed E-state index contributed by atoms with van der Waals surface area (Å²) in [7, 11) is 1.57. The minimum absolute atomic E-state index is 0.123. The van der Waals surface area contributed by atoms with Gasteiger partial charge in [-0.2, -0.15) is 0 Å². The first-order valence-corrected chi connectivity index (χ1v) is 4.32. The highest BCUT2D eigenvalue weighted by molar-refractivity contribution is 5.81. The Balaban J connectivity index is 2.33. The van der Waals surface area contributed by atoms with Crippen molar-refractivity contribution in [2.75, 3.05) is 26.8 Å². The molecule has 1 saturated heterocycles. The quantitative estimate of drug-likeness (QED) is 0.633. The fraction of sp³-hybridized carbons (Fsp3) is 0.750. The van der Waals surface area contributed by atoms with Gasteiger partial charge < -0.3 is 19.5 Å². The van der Waals surface area contributed by atoms with Gasteiger partial charge in [-0.15, -0.1) is 0 Å². The SMILES string of the molecule is COCCCN1C[C@H](C(=O)O)OC1=O. The minimum Gasteiger partial charge on any atom is -0.478 e. The Hall–Kier alpha value is -1.30. The molecule has 0 aromatic rings. The molecule has 1 amide bonds. The monoisotopic (exact) mass is 203 g/mol. The maximum atomic E-state index is 11.1. The van der Waals surface area contributed by atoms with E-state index in [-0.39, 0.29) is 6.54 Å². The van der Waals surface area contributed by atoms with Crippen LogP contribution in [0.3, 0.4) is 0 Å². The maximum Gasteiger partial charge on any atom is 0.410 e. The minimum atomic E-state index is -1.10. The number of rotatable bonds is 5. The number of aliphatic carboxylic acids is 1. The standard InChI is InChI=1S/C8H13NO5/c1-13-4-2-3-9-5-6(7(10)11)14-8(9)12/h6H,2-5H2,1H3,(H,10,11)/t6-/m1/s1. The van der Waals surface area contributed by atoms with Crippen LogP contribution >= 0.6 is 0 Å². The smallest absolute Gasteiger partial charge is 0.410 e. The summed E-state index contributed by atoms with van der Waals surface area (Å²) in [5.74, 6) is -1.10. The van der Waals surface area contributed by atoms with E-state index in [4.69, 9.17) is 9.84 Å². The van der Waals surface area contributed by atoms with Crippen LogP contribution < -0.4 is 0 Å². The molecule has 6 nitrogen and oxygen atoms in total. The molecule has 1 heterocycles. The lowest BCUT2D eigenvalue weighted by Gasteiger charge is -2.11. The number of cyclic esters (lactones) is 1. The van der Waals surface area contributed by atoms with Crippen molar-refractivity contribution in [3.63, 3.8) is 0 Å². The van der Waals surface area contributed by atoms with Gasteiger partial charge in [-0.1, -0.05) is 0 Å². The van der Waals surface area contributed by atoms with Gasteiger partial charge in [0.25, 0.3) is 0 Å². The molecule has 1 N–H and O–H groups in total. The van der Waals surface area contributed by atoms with Gasteiger partial charge >= 0.3 is 12.1 Å². The molecule has 14 heavy (non-hydrogen) atoms. The van der Waals surface area contributed by atoms with Gasteiger partial charge in [0.1, 0.15) is 0 Å². The lowest BCUT2D eigenvalue weighted by molar-refractivity contribution is -0.144. The summed E-state index contributed by atoms with van der Waals surface area (Å²) < 4.78 is 9.43. The van der Waals surface area contributed by atoms with Gasteiger partial charge in [0.05, 0.1) is 6.54 Å². The molecular formula is C8H13NO5. The van der Waals surface area contributed by atoms with Crippen molar-refractivity contribution < 1.29 is 24.2 Å². The molecule has 0 bridgehead atoms. The highest BCUT2D eigenvalue weighted by Crippen LogP contribution is 2.11. The number of hydrogen-bond donors (Lipinski definition) is 1. The van der Waals surface area contributed by atoms with Crippen LogP contribution in [-0.4, -0.2) is 55.0 Å². The molecule has 0 spiro atoms. The summed E-state index contributed by atoms with van der Waals surface area (Å²) in [6, 6.07) is 0. The molecule has 1 aliphatic rings. The van der Waals surface area contributed by atoms with E-state index in [0.29, 0.717) is 19.6 Å². The molecule has 0 aromatic carbocycles. The number of carbonyl (C=O) groups excluding carboxylic acids is 1. The highest BCUT2D eigenvalue weighted by atomic mass is 16.6. The zero-order valence-corrected chi connectivity index (χ0v) is 7.93. The summed E-state index contributed by atoms with van der Waals surface area (Å²) in [4.78, 5) is 22.9. The Morgan fingerprint density at radius 1 is 1.79 bits per heavy atom. The summed E-state index contributed by atoms with van der Waals surface area (Å²) in [5.41, 5.74) is 0. The van der Waals surface area contributed by atoms with E-state index in [9.17, 15) is 9.59 Å². The van der Waals surface area contributed by atoms with Gasteiger partial charge in [-0.3, -0.25) is 0 Å². The van der Waals surface area contributed by atoms with E-state index >= 15 is 0 Å². The van der Waals surface area contributed by atoms with Crippen molar-refractivity contribution >= 4 is 12.1 Å². The number of carboxylic acid groups (broad SMARTS) is 1. The van der Waals surface area contributed by atoms with Crippen LogP contribution in [0.5, 0.6) is 0 Å². The molecule has 0 saturated carbocycles. The third-order valence-electron chi connectivity index (χ3n) is 1.94. The summed E-state index contributed by atoms with van der Waals surface area (Å²) in [6.45, 7) is 1.13. The van der Waals surface area contributed by atoms with E-state index in [1.165, 1.54) is 4.90 Å². The predicted octanol–water partition coefficient (Wildman–Crippen LogP) is -0.0717. The third kappa shape index (κ3) is 2.59. The van der Waals surface area contributed by atoms with Gasteiger partial charge in [0.15, 0.2) is 0 Å². The number of ether oxygens (including phenoxy) is 2. The van der Waals surface area contributed by atoms with E-state index in [1.807, 2.05) is 0 Å². The molecule has 0 radical (unpaired) electrons. The fourth-order valence-electron chi connectivity index (χ4n) is 1.22. The van der Waals surface area contributed by atoms with Crippen LogP contribution in [0.1, 0.15) is 6.42 Å². The van der Waals surface area contributed by atoms with Crippen molar-refractivity contribution in [3.8, 4) is 0 Å². The maximum absolute atomic E-state index is 11.1. The number of carboxylic acids is 1. The zero-order chi connectivity index (χ0) is 10.6. The van der Waals surface area contributed by atoms with Gasteiger partial charge in [0, 0.05) is 20.3 Å². The average molecular weight is 203 g/mol. The molecule has 1 rings (SSSR count). The molecule has 1 fully saturated rings. The second-order valence-electron chi connectivity index (χ2n) is 3.00. The molecule has 6 heteroatoms. The lowest BCUT2D eigenvalue weighted by atomic mass is 10.3. The Kier molecular flexibility index (Phi) is 3.70. The van der Waals surface area contributed by atoms with Crippen LogP contribution in [0.15, 0.2) is 0 Å². The van der Waals surface area contributed by atoms with E-state index in [1.54, 1.807) is 7.11 Å². The fourth-order valence-corrected chi connectivity index (χ4v) is 1.22. The Morgan fingerprint density at radius 2 is 2.50 bits per heavy atom.